The number of amides is 1. The Morgan fingerprint density at radius 1 is 1.03 bits per heavy atom. The molecule has 1 saturated heterocycles. The first-order valence-corrected chi connectivity index (χ1v) is 11.3. The predicted molar refractivity (Wildman–Crippen MR) is 112 cm³/mol. The molecule has 156 valence electrons. The zero-order chi connectivity index (χ0) is 21.0. The molecule has 2 aromatic carbocycles. The predicted octanol–water partition coefficient (Wildman–Crippen LogP) is 2.10. The topological polar surface area (TPSA) is 97.2 Å². The van der Waals surface area contributed by atoms with Gasteiger partial charge in [0.15, 0.2) is 0 Å². The molecule has 0 aliphatic carbocycles. The van der Waals surface area contributed by atoms with Crippen LogP contribution >= 0.6 is 0 Å². The van der Waals surface area contributed by atoms with Crippen LogP contribution in [0.1, 0.15) is 23.2 Å². The fourth-order valence-electron chi connectivity index (χ4n) is 3.54. The molecule has 1 amide bonds. The molecule has 1 aromatic heterocycles. The van der Waals surface area contributed by atoms with Gasteiger partial charge in [0.25, 0.3) is 5.91 Å². The van der Waals surface area contributed by atoms with Crippen LogP contribution in [0.25, 0.3) is 5.69 Å². The number of hydrogen-bond acceptors (Lipinski definition) is 5. The molecule has 1 aliphatic heterocycles. The van der Waals surface area contributed by atoms with Crippen LogP contribution < -0.4 is 5.32 Å². The van der Waals surface area contributed by atoms with E-state index in [0.29, 0.717) is 30.1 Å². The minimum absolute atomic E-state index is 0.139. The smallest absolute Gasteiger partial charge is 0.251 e. The Morgan fingerprint density at radius 3 is 2.37 bits per heavy atom. The van der Waals surface area contributed by atoms with Crippen LogP contribution in [0.2, 0.25) is 0 Å². The first-order valence-electron chi connectivity index (χ1n) is 9.82. The number of piperidine rings is 1. The van der Waals surface area contributed by atoms with Gasteiger partial charge in [-0.3, -0.25) is 4.79 Å². The molecule has 0 bridgehead atoms. The third kappa shape index (κ3) is 4.42. The lowest BCUT2D eigenvalue weighted by Crippen LogP contribution is -2.41. The van der Waals surface area contributed by atoms with Crippen molar-refractivity contribution in [2.45, 2.75) is 17.7 Å². The maximum Gasteiger partial charge on any atom is 0.251 e. The fourth-order valence-corrected chi connectivity index (χ4v) is 5.03. The molecule has 0 radical (unpaired) electrons. The van der Waals surface area contributed by atoms with Crippen molar-refractivity contribution < 1.29 is 13.2 Å². The molecule has 1 fully saturated rings. The normalized spacial score (nSPS) is 15.7. The van der Waals surface area contributed by atoms with Gasteiger partial charge in [-0.25, -0.2) is 18.1 Å². The van der Waals surface area contributed by atoms with Crippen LogP contribution in [-0.4, -0.2) is 53.0 Å². The first-order chi connectivity index (χ1) is 14.5. The largest absolute Gasteiger partial charge is 0.352 e. The molecule has 30 heavy (non-hydrogen) atoms. The van der Waals surface area contributed by atoms with Crippen LogP contribution in [0, 0.1) is 5.92 Å². The van der Waals surface area contributed by atoms with Gasteiger partial charge in [0.2, 0.25) is 10.0 Å². The van der Waals surface area contributed by atoms with Crippen molar-refractivity contribution in [3.63, 3.8) is 0 Å². The van der Waals surface area contributed by atoms with E-state index < -0.39 is 10.0 Å². The van der Waals surface area contributed by atoms with E-state index in [-0.39, 0.29) is 11.8 Å². The SMILES string of the molecule is O=C(NCC1CCN(S(=O)(=O)c2ccccc2)CC1)c1ccc(-n2cncn2)cc1. The van der Waals surface area contributed by atoms with Gasteiger partial charge in [0, 0.05) is 25.2 Å². The number of benzene rings is 2. The van der Waals surface area contributed by atoms with Crippen LogP contribution in [-0.2, 0) is 10.0 Å². The molecule has 2 heterocycles. The summed E-state index contributed by atoms with van der Waals surface area (Å²) in [5.41, 5.74) is 1.40. The summed E-state index contributed by atoms with van der Waals surface area (Å²) in [7, 11) is -3.45. The number of carbonyl (C=O) groups excluding carboxylic acids is 1. The summed E-state index contributed by atoms with van der Waals surface area (Å²) >= 11 is 0. The minimum Gasteiger partial charge on any atom is -0.352 e. The van der Waals surface area contributed by atoms with Gasteiger partial charge < -0.3 is 5.32 Å². The molecule has 4 rings (SSSR count). The number of nitrogens with zero attached hydrogens (tertiary/aromatic N) is 4. The van der Waals surface area contributed by atoms with Crippen LogP contribution in [0.3, 0.4) is 0 Å². The number of sulfonamides is 1. The molecule has 9 heteroatoms. The fraction of sp³-hybridized carbons (Fsp3) is 0.286. The van der Waals surface area contributed by atoms with E-state index in [1.54, 1.807) is 53.5 Å². The molecule has 3 aromatic rings. The molecule has 0 spiro atoms. The molecular formula is C21H23N5O3S. The Hall–Kier alpha value is -3.04. The second-order valence-electron chi connectivity index (χ2n) is 7.26. The molecule has 0 unspecified atom stereocenters. The highest BCUT2D eigenvalue weighted by Crippen LogP contribution is 2.23. The summed E-state index contributed by atoms with van der Waals surface area (Å²) < 4.78 is 28.6. The molecule has 0 atom stereocenters. The molecular weight excluding hydrogens is 402 g/mol. The maximum atomic E-state index is 12.7. The lowest BCUT2D eigenvalue weighted by atomic mass is 9.98. The number of carbonyl (C=O) groups is 1. The third-order valence-corrected chi connectivity index (χ3v) is 7.23. The van der Waals surface area contributed by atoms with E-state index in [9.17, 15) is 13.2 Å². The van der Waals surface area contributed by atoms with Crippen LogP contribution in [0.5, 0.6) is 0 Å². The summed E-state index contributed by atoms with van der Waals surface area (Å²) in [6, 6.07) is 15.6. The van der Waals surface area contributed by atoms with Crippen molar-refractivity contribution in [1.82, 2.24) is 24.4 Å². The van der Waals surface area contributed by atoms with E-state index in [1.165, 1.54) is 10.6 Å². The average Bonchev–Trinajstić information content (AvgIpc) is 3.33. The quantitative estimate of drug-likeness (QED) is 0.652. The molecule has 1 N–H and O–H groups in total. The highest BCUT2D eigenvalue weighted by molar-refractivity contribution is 7.89. The van der Waals surface area contributed by atoms with Crippen molar-refractivity contribution >= 4 is 15.9 Å². The lowest BCUT2D eigenvalue weighted by molar-refractivity contribution is 0.0941. The zero-order valence-corrected chi connectivity index (χ0v) is 17.2. The minimum atomic E-state index is -3.45. The monoisotopic (exact) mass is 425 g/mol. The highest BCUT2D eigenvalue weighted by Gasteiger charge is 2.29. The summed E-state index contributed by atoms with van der Waals surface area (Å²) in [6.07, 6.45) is 4.49. The molecule has 0 saturated carbocycles. The van der Waals surface area contributed by atoms with Crippen molar-refractivity contribution in [2.75, 3.05) is 19.6 Å². The van der Waals surface area contributed by atoms with Gasteiger partial charge in [-0.2, -0.15) is 9.40 Å². The Labute approximate surface area is 175 Å². The Kier molecular flexibility index (Phi) is 5.91. The Morgan fingerprint density at radius 2 is 1.73 bits per heavy atom. The van der Waals surface area contributed by atoms with E-state index in [4.69, 9.17) is 0 Å². The number of rotatable bonds is 6. The second kappa shape index (κ2) is 8.76. The average molecular weight is 426 g/mol. The molecule has 8 nitrogen and oxygen atoms in total. The van der Waals surface area contributed by atoms with Crippen LogP contribution in [0.15, 0.2) is 72.1 Å². The van der Waals surface area contributed by atoms with Gasteiger partial charge >= 0.3 is 0 Å². The maximum absolute atomic E-state index is 12.7. The van der Waals surface area contributed by atoms with Crippen molar-refractivity contribution in [2.24, 2.45) is 5.92 Å². The molecule has 1 aliphatic rings. The van der Waals surface area contributed by atoms with Gasteiger partial charge in [-0.1, -0.05) is 18.2 Å². The van der Waals surface area contributed by atoms with Gasteiger partial charge in [-0.05, 0) is 55.2 Å². The first kappa shape index (κ1) is 20.2. The third-order valence-electron chi connectivity index (χ3n) is 5.32. The number of nitrogens with one attached hydrogen (secondary N) is 1. The Balaban J connectivity index is 1.28. The second-order valence-corrected chi connectivity index (χ2v) is 9.20. The van der Waals surface area contributed by atoms with E-state index in [0.717, 1.165) is 18.5 Å². The van der Waals surface area contributed by atoms with Gasteiger partial charge in [0.05, 0.1) is 10.6 Å². The Bertz CT molecular complexity index is 1080. The lowest BCUT2D eigenvalue weighted by Gasteiger charge is -2.31. The van der Waals surface area contributed by atoms with E-state index >= 15 is 0 Å². The van der Waals surface area contributed by atoms with Gasteiger partial charge in [0.1, 0.15) is 12.7 Å². The van der Waals surface area contributed by atoms with E-state index in [1.807, 2.05) is 12.1 Å². The summed E-state index contributed by atoms with van der Waals surface area (Å²) in [4.78, 5) is 16.7. The standard InChI is InChI=1S/C21H23N5O3S/c27-21(18-6-8-19(9-7-18)26-16-22-15-24-26)23-14-17-10-12-25(13-11-17)30(28,29)20-4-2-1-3-5-20/h1-9,15-17H,10-14H2,(H,23,27). The summed E-state index contributed by atoms with van der Waals surface area (Å²) in [6.45, 7) is 1.46. The van der Waals surface area contributed by atoms with Gasteiger partial charge in [-0.15, -0.1) is 0 Å². The number of aromatic nitrogens is 3. The number of hydrogen-bond donors (Lipinski definition) is 1. The summed E-state index contributed by atoms with van der Waals surface area (Å²) in [5.74, 6) is 0.116. The highest BCUT2D eigenvalue weighted by atomic mass is 32.2. The zero-order valence-electron chi connectivity index (χ0n) is 16.4. The summed E-state index contributed by atoms with van der Waals surface area (Å²) in [5, 5.41) is 7.03. The van der Waals surface area contributed by atoms with Crippen molar-refractivity contribution in [3.05, 3.63) is 72.8 Å². The van der Waals surface area contributed by atoms with E-state index in [2.05, 4.69) is 15.4 Å². The van der Waals surface area contributed by atoms with Crippen molar-refractivity contribution in [1.29, 1.82) is 0 Å². The van der Waals surface area contributed by atoms with Crippen LogP contribution in [0.4, 0.5) is 0 Å². The van der Waals surface area contributed by atoms with Crippen molar-refractivity contribution in [3.8, 4) is 5.69 Å².